The van der Waals surface area contributed by atoms with Gasteiger partial charge in [-0.05, 0) is 63.2 Å². The van der Waals surface area contributed by atoms with Crippen LogP contribution in [0.1, 0.15) is 23.6 Å². The molecule has 2 aromatic rings. The number of carbonyl (C=O) groups excluding carboxylic acids is 1. The summed E-state index contributed by atoms with van der Waals surface area (Å²) in [5, 5.41) is 3.44. The summed E-state index contributed by atoms with van der Waals surface area (Å²) in [4.78, 5) is 17.3. The Kier molecular flexibility index (Phi) is 8.84. The van der Waals surface area contributed by atoms with Gasteiger partial charge in [-0.3, -0.25) is 14.0 Å². The Bertz CT molecular complexity index is 1240. The molecule has 1 aliphatic rings. The number of amides is 1. The minimum Gasteiger partial charge on any atom is -0.342 e. The van der Waals surface area contributed by atoms with Crippen molar-refractivity contribution in [2.45, 2.75) is 31.7 Å². The molecule has 0 aliphatic carbocycles. The molecule has 9 heteroatoms. The molecule has 0 radical (unpaired) electrons. The molecule has 35 heavy (non-hydrogen) atoms. The third kappa shape index (κ3) is 6.77. The van der Waals surface area contributed by atoms with Crippen molar-refractivity contribution in [1.82, 2.24) is 15.1 Å². The predicted octanol–water partition coefficient (Wildman–Crippen LogP) is 2.89. The van der Waals surface area contributed by atoms with E-state index in [9.17, 15) is 13.2 Å². The van der Waals surface area contributed by atoms with Crippen LogP contribution in [0, 0.1) is 25.7 Å². The van der Waals surface area contributed by atoms with Crippen LogP contribution in [0.15, 0.2) is 41.3 Å². The van der Waals surface area contributed by atoms with Gasteiger partial charge >= 0.3 is 0 Å². The topological polar surface area (TPSA) is 73.0 Å². The van der Waals surface area contributed by atoms with Gasteiger partial charge in [0.05, 0.1) is 10.6 Å². The molecule has 0 unspecified atom stereocenters. The van der Waals surface area contributed by atoms with E-state index in [1.807, 2.05) is 6.92 Å². The van der Waals surface area contributed by atoms with E-state index in [0.717, 1.165) is 32.7 Å². The zero-order valence-corrected chi connectivity index (χ0v) is 22.5. The summed E-state index contributed by atoms with van der Waals surface area (Å²) in [6, 6.07) is 10.1. The van der Waals surface area contributed by atoms with Crippen LogP contribution in [0.4, 0.5) is 5.69 Å². The summed E-state index contributed by atoms with van der Waals surface area (Å²) >= 11 is 6.16. The maximum Gasteiger partial charge on any atom is 0.296 e. The molecular weight excluding hydrogens is 484 g/mol. The molecule has 1 N–H and O–H groups in total. The number of sulfonamides is 1. The molecular formula is C26H33ClN4O3S. The van der Waals surface area contributed by atoms with E-state index in [1.54, 1.807) is 50.2 Å². The van der Waals surface area contributed by atoms with E-state index in [-0.39, 0.29) is 10.9 Å². The van der Waals surface area contributed by atoms with E-state index in [2.05, 4.69) is 34.0 Å². The minimum absolute atomic E-state index is 0.0466. The van der Waals surface area contributed by atoms with E-state index in [0.29, 0.717) is 27.4 Å². The van der Waals surface area contributed by atoms with Crippen LogP contribution in [-0.4, -0.2) is 77.0 Å². The zero-order chi connectivity index (χ0) is 25.8. The molecule has 0 aromatic heterocycles. The maximum atomic E-state index is 13.4. The van der Waals surface area contributed by atoms with Crippen LogP contribution in [-0.2, 0) is 14.8 Å². The first kappa shape index (κ1) is 27.0. The van der Waals surface area contributed by atoms with Crippen LogP contribution in [0.5, 0.6) is 0 Å². The van der Waals surface area contributed by atoms with Crippen LogP contribution < -0.4 is 9.62 Å². The Balaban J connectivity index is 1.75. The average Bonchev–Trinajstić information content (AvgIpc) is 2.81. The summed E-state index contributed by atoms with van der Waals surface area (Å²) in [6.07, 6.45) is 0. The number of hydrogen-bond acceptors (Lipinski definition) is 5. The Morgan fingerprint density at radius 1 is 1.14 bits per heavy atom. The molecule has 0 saturated carbocycles. The van der Waals surface area contributed by atoms with E-state index < -0.39 is 15.9 Å². The molecule has 1 saturated heterocycles. The van der Waals surface area contributed by atoms with Gasteiger partial charge in [-0.2, -0.15) is 0 Å². The number of nitrogens with one attached hydrogen (secondary N) is 1. The highest BCUT2D eigenvalue weighted by atomic mass is 35.5. The monoisotopic (exact) mass is 516 g/mol. The lowest BCUT2D eigenvalue weighted by molar-refractivity contribution is -0.116. The largest absolute Gasteiger partial charge is 0.342 e. The Labute approximate surface area is 214 Å². The molecule has 3 rings (SSSR count). The normalized spacial score (nSPS) is 15.7. The van der Waals surface area contributed by atoms with E-state index in [4.69, 9.17) is 11.6 Å². The summed E-state index contributed by atoms with van der Waals surface area (Å²) in [6.45, 7) is 10.2. The summed E-state index contributed by atoms with van der Waals surface area (Å²) < 4.78 is 28.0. The first-order valence-electron chi connectivity index (χ1n) is 11.6. The van der Waals surface area contributed by atoms with Crippen molar-refractivity contribution < 1.29 is 13.2 Å². The van der Waals surface area contributed by atoms with Crippen LogP contribution in [0.3, 0.4) is 0 Å². The SMILES string of the molecule is Cc1cc(S(=O)(=O)N(C)c2ccccc2C#CC(=O)N[C@H](C)CN2CCN(C)CC2)c(C)cc1Cl. The first-order valence-corrected chi connectivity index (χ1v) is 13.4. The smallest absolute Gasteiger partial charge is 0.296 e. The van der Waals surface area contributed by atoms with Crippen LogP contribution in [0.25, 0.3) is 0 Å². The number of carbonyl (C=O) groups is 1. The average molecular weight is 517 g/mol. The van der Waals surface area contributed by atoms with Crippen molar-refractivity contribution in [1.29, 1.82) is 0 Å². The van der Waals surface area contributed by atoms with Gasteiger partial charge in [0.1, 0.15) is 0 Å². The number of likely N-dealkylation sites (N-methyl/N-ethyl adjacent to an activating group) is 1. The van der Waals surface area contributed by atoms with Crippen molar-refractivity contribution in [3.63, 3.8) is 0 Å². The van der Waals surface area contributed by atoms with Gasteiger partial charge < -0.3 is 10.2 Å². The van der Waals surface area contributed by atoms with Crippen LogP contribution >= 0.6 is 11.6 Å². The number of aryl methyl sites for hydroxylation is 2. The fourth-order valence-corrected chi connectivity index (χ4v) is 5.73. The van der Waals surface area contributed by atoms with Crippen molar-refractivity contribution in [2.24, 2.45) is 0 Å². The van der Waals surface area contributed by atoms with Gasteiger partial charge in [0.15, 0.2) is 0 Å². The van der Waals surface area contributed by atoms with Crippen LogP contribution in [0.2, 0.25) is 5.02 Å². The molecule has 1 heterocycles. The van der Waals surface area contributed by atoms with Gasteiger partial charge in [0.2, 0.25) is 0 Å². The number of benzene rings is 2. The Hall–Kier alpha value is -2.57. The summed E-state index contributed by atoms with van der Waals surface area (Å²) in [5.41, 5.74) is 2.08. The number of anilines is 1. The van der Waals surface area contributed by atoms with Gasteiger partial charge in [-0.25, -0.2) is 8.42 Å². The molecule has 7 nitrogen and oxygen atoms in total. The van der Waals surface area contributed by atoms with Crippen molar-refractivity contribution in [3.8, 4) is 11.8 Å². The highest BCUT2D eigenvalue weighted by molar-refractivity contribution is 7.92. The number of nitrogens with zero attached hydrogens (tertiary/aromatic N) is 3. The number of piperazine rings is 1. The minimum atomic E-state index is -3.86. The fourth-order valence-electron chi connectivity index (χ4n) is 4.01. The lowest BCUT2D eigenvalue weighted by Gasteiger charge is -2.33. The second-order valence-electron chi connectivity index (χ2n) is 9.08. The standard InChI is InChI=1S/C26H33ClN4O3S/c1-19-17-25(20(2)16-23(19)27)35(33,34)30(5)24-9-7-6-8-22(24)10-11-26(32)28-21(3)18-31-14-12-29(4)13-15-31/h6-9,16-17,21H,12-15,18H2,1-5H3,(H,28,32)/t21-/m1/s1. The molecule has 1 fully saturated rings. The molecule has 1 amide bonds. The number of rotatable bonds is 6. The molecule has 0 bridgehead atoms. The maximum absolute atomic E-state index is 13.4. The molecule has 1 aliphatic heterocycles. The van der Waals surface area contributed by atoms with Crippen molar-refractivity contribution >= 4 is 33.2 Å². The lowest BCUT2D eigenvalue weighted by Crippen LogP contribution is -2.49. The lowest BCUT2D eigenvalue weighted by atomic mass is 10.2. The number of hydrogen-bond donors (Lipinski definition) is 1. The van der Waals surface area contributed by atoms with Gasteiger partial charge in [-0.15, -0.1) is 0 Å². The fraction of sp³-hybridized carbons (Fsp3) is 0.423. The second kappa shape index (κ2) is 11.4. The van der Waals surface area contributed by atoms with E-state index >= 15 is 0 Å². The third-order valence-electron chi connectivity index (χ3n) is 6.15. The quantitative estimate of drug-likeness (QED) is 0.598. The first-order chi connectivity index (χ1) is 16.5. The summed E-state index contributed by atoms with van der Waals surface area (Å²) in [7, 11) is -0.274. The Morgan fingerprint density at radius 3 is 2.49 bits per heavy atom. The van der Waals surface area contributed by atoms with Gasteiger partial charge in [0.25, 0.3) is 15.9 Å². The molecule has 0 spiro atoms. The van der Waals surface area contributed by atoms with Gasteiger partial charge in [0, 0.05) is 62.3 Å². The molecule has 188 valence electrons. The third-order valence-corrected chi connectivity index (χ3v) is 8.47. The van der Waals surface area contributed by atoms with Gasteiger partial charge in [-0.1, -0.05) is 29.7 Å². The molecule has 1 atom stereocenters. The predicted molar refractivity (Wildman–Crippen MR) is 141 cm³/mol. The van der Waals surface area contributed by atoms with E-state index in [1.165, 1.54) is 11.4 Å². The highest BCUT2D eigenvalue weighted by Gasteiger charge is 2.25. The Morgan fingerprint density at radius 2 is 1.80 bits per heavy atom. The zero-order valence-electron chi connectivity index (χ0n) is 20.9. The second-order valence-corrected chi connectivity index (χ2v) is 11.4. The number of para-hydroxylation sites is 1. The number of halogens is 1. The highest BCUT2D eigenvalue weighted by Crippen LogP contribution is 2.29. The summed E-state index contributed by atoms with van der Waals surface area (Å²) in [5.74, 6) is 5.09. The van der Waals surface area contributed by atoms with Crippen molar-refractivity contribution in [3.05, 3.63) is 58.1 Å². The van der Waals surface area contributed by atoms with Crippen molar-refractivity contribution in [2.75, 3.05) is 51.1 Å². The molecule has 2 aromatic carbocycles.